The number of aromatic amines is 1. The van der Waals surface area contributed by atoms with Gasteiger partial charge in [-0.25, -0.2) is 4.98 Å². The molecule has 2 aliphatic rings. The first-order valence-corrected chi connectivity index (χ1v) is 8.83. The van der Waals surface area contributed by atoms with Gasteiger partial charge in [-0.1, -0.05) is 41.0 Å². The molecule has 0 radical (unpaired) electrons. The van der Waals surface area contributed by atoms with Gasteiger partial charge in [0.1, 0.15) is 0 Å². The van der Waals surface area contributed by atoms with Crippen LogP contribution in [0.25, 0.3) is 0 Å². The lowest BCUT2D eigenvalue weighted by Gasteiger charge is -2.19. The highest BCUT2D eigenvalue weighted by Crippen LogP contribution is 2.44. The van der Waals surface area contributed by atoms with Gasteiger partial charge in [0, 0.05) is 24.0 Å². The van der Waals surface area contributed by atoms with E-state index < -0.39 is 0 Å². The minimum atomic E-state index is -0.192. The molecule has 5 nitrogen and oxygen atoms in total. The van der Waals surface area contributed by atoms with Crippen molar-refractivity contribution in [2.24, 2.45) is 17.6 Å². The third kappa shape index (κ3) is 2.74. The number of nitrogens with zero attached hydrogens (tertiary/aromatic N) is 2. The van der Waals surface area contributed by atoms with Gasteiger partial charge in [0.2, 0.25) is 0 Å². The van der Waals surface area contributed by atoms with Gasteiger partial charge >= 0.3 is 0 Å². The Morgan fingerprint density at radius 1 is 1.30 bits per heavy atom. The van der Waals surface area contributed by atoms with E-state index in [-0.39, 0.29) is 5.56 Å². The second kappa shape index (κ2) is 5.70. The predicted octanol–water partition coefficient (Wildman–Crippen LogP) is 2.62. The van der Waals surface area contributed by atoms with Crippen molar-refractivity contribution < 1.29 is 0 Å². The van der Waals surface area contributed by atoms with E-state index in [1.54, 1.807) is 12.3 Å². The highest BCUT2D eigenvalue weighted by molar-refractivity contribution is 7.99. The molecule has 0 bridgehead atoms. The Labute approximate surface area is 147 Å². The number of piperidine rings is 1. The van der Waals surface area contributed by atoms with Crippen molar-refractivity contribution in [3.63, 3.8) is 0 Å². The lowest BCUT2D eigenvalue weighted by Crippen LogP contribution is -2.33. The molecule has 1 aliphatic heterocycles. The van der Waals surface area contributed by atoms with Crippen molar-refractivity contribution >= 4 is 40.8 Å². The lowest BCUT2D eigenvalue weighted by molar-refractivity contribution is 0.727. The van der Waals surface area contributed by atoms with Gasteiger partial charge in [-0.2, -0.15) is 0 Å². The van der Waals surface area contributed by atoms with E-state index in [0.717, 1.165) is 18.0 Å². The fourth-order valence-electron chi connectivity index (χ4n) is 3.08. The smallest absolute Gasteiger partial charge is 0.291 e. The number of nitrogens with one attached hydrogen (secondary N) is 1. The molecule has 2 heterocycles. The van der Waals surface area contributed by atoms with Crippen molar-refractivity contribution in [3.8, 4) is 0 Å². The molecule has 2 aromatic rings. The zero-order chi connectivity index (χ0) is 16.1. The molecule has 0 spiro atoms. The number of aromatic nitrogens is 2. The maximum absolute atomic E-state index is 12.3. The van der Waals surface area contributed by atoms with Gasteiger partial charge in [-0.15, -0.1) is 0 Å². The molecule has 1 aromatic heterocycles. The Morgan fingerprint density at radius 3 is 2.74 bits per heavy atom. The normalized spacial score (nSPS) is 25.5. The van der Waals surface area contributed by atoms with E-state index in [2.05, 4.69) is 9.97 Å². The summed E-state index contributed by atoms with van der Waals surface area (Å²) >= 11 is 13.5. The molecule has 8 heteroatoms. The summed E-state index contributed by atoms with van der Waals surface area (Å²) in [5, 5.41) is 1.58. The maximum Gasteiger partial charge on any atom is 0.291 e. The van der Waals surface area contributed by atoms with E-state index in [9.17, 15) is 4.79 Å². The zero-order valence-corrected chi connectivity index (χ0v) is 14.3. The first-order chi connectivity index (χ1) is 11.0. The number of halogens is 2. The summed E-state index contributed by atoms with van der Waals surface area (Å²) in [4.78, 5) is 22.3. The van der Waals surface area contributed by atoms with Gasteiger partial charge < -0.3 is 15.6 Å². The summed E-state index contributed by atoms with van der Waals surface area (Å²) in [5.74, 6) is 1.48. The number of fused-ring (bicyclic) bond motifs is 1. The fourth-order valence-corrected chi connectivity index (χ4v) is 4.39. The summed E-state index contributed by atoms with van der Waals surface area (Å²) in [7, 11) is 0. The largest absolute Gasteiger partial charge is 0.351 e. The molecule has 0 amide bonds. The van der Waals surface area contributed by atoms with Crippen LogP contribution in [-0.4, -0.2) is 29.1 Å². The SMILES string of the molecule is NC1C2CN(c3ncc(Sc4cccc(Cl)c4Cl)[nH]c3=O)CC12. The molecule has 2 unspecified atom stereocenters. The van der Waals surface area contributed by atoms with Crippen molar-refractivity contribution in [2.75, 3.05) is 18.0 Å². The van der Waals surface area contributed by atoms with E-state index in [1.165, 1.54) is 11.8 Å². The number of rotatable bonds is 3. The minimum Gasteiger partial charge on any atom is -0.351 e. The third-order valence-corrected chi connectivity index (χ3v) is 6.36. The monoisotopic (exact) mass is 368 g/mol. The van der Waals surface area contributed by atoms with Crippen LogP contribution in [0.5, 0.6) is 0 Å². The average molecular weight is 369 g/mol. The molecule has 1 saturated heterocycles. The summed E-state index contributed by atoms with van der Waals surface area (Å²) in [6, 6.07) is 5.68. The molecule has 1 aliphatic carbocycles. The van der Waals surface area contributed by atoms with Gasteiger partial charge in [-0.05, 0) is 24.0 Å². The molecule has 1 aromatic carbocycles. The number of benzene rings is 1. The van der Waals surface area contributed by atoms with Crippen LogP contribution in [0.3, 0.4) is 0 Å². The van der Waals surface area contributed by atoms with Crippen LogP contribution in [0.15, 0.2) is 39.1 Å². The molecule has 2 atom stereocenters. The van der Waals surface area contributed by atoms with Crippen LogP contribution < -0.4 is 16.2 Å². The molecule has 2 fully saturated rings. The molecule has 4 rings (SSSR count). The third-order valence-electron chi connectivity index (χ3n) is 4.44. The van der Waals surface area contributed by atoms with Crippen molar-refractivity contribution in [1.82, 2.24) is 9.97 Å². The van der Waals surface area contributed by atoms with Crippen LogP contribution in [0.2, 0.25) is 10.0 Å². The summed E-state index contributed by atoms with van der Waals surface area (Å²) in [6.07, 6.45) is 1.66. The van der Waals surface area contributed by atoms with Gasteiger partial charge in [0.15, 0.2) is 5.82 Å². The Morgan fingerprint density at radius 2 is 2.04 bits per heavy atom. The molecular weight excluding hydrogens is 355 g/mol. The Hall–Kier alpha value is -1.21. The second-order valence-electron chi connectivity index (χ2n) is 5.86. The van der Waals surface area contributed by atoms with Crippen molar-refractivity contribution in [2.45, 2.75) is 16.0 Å². The number of anilines is 1. The number of H-pyrrole nitrogens is 1. The predicted molar refractivity (Wildman–Crippen MR) is 92.6 cm³/mol. The second-order valence-corrected chi connectivity index (χ2v) is 7.73. The van der Waals surface area contributed by atoms with Gasteiger partial charge in [0.25, 0.3) is 5.56 Å². The molecule has 1 saturated carbocycles. The van der Waals surface area contributed by atoms with E-state index in [4.69, 9.17) is 28.9 Å². The standard InChI is InChI=1S/C15H14Cl2N4OS/c16-9-2-1-3-10(12(9)17)23-11-4-19-14(15(22)20-11)21-5-7-8(6-21)13(7)18/h1-4,7-8,13H,5-6,18H2,(H,20,22). The molecule has 120 valence electrons. The molecule has 3 N–H and O–H groups in total. The summed E-state index contributed by atoms with van der Waals surface area (Å²) in [5.41, 5.74) is 5.74. The summed E-state index contributed by atoms with van der Waals surface area (Å²) in [6.45, 7) is 1.63. The van der Waals surface area contributed by atoms with E-state index in [1.807, 2.05) is 17.0 Å². The first-order valence-electron chi connectivity index (χ1n) is 7.26. The average Bonchev–Trinajstić information content (AvgIpc) is 2.95. The number of nitrogens with two attached hydrogens (primary N) is 1. The Kier molecular flexibility index (Phi) is 3.80. The van der Waals surface area contributed by atoms with E-state index in [0.29, 0.717) is 38.8 Å². The van der Waals surface area contributed by atoms with Crippen LogP contribution in [-0.2, 0) is 0 Å². The highest BCUT2D eigenvalue weighted by atomic mass is 35.5. The summed E-state index contributed by atoms with van der Waals surface area (Å²) < 4.78 is 0. The van der Waals surface area contributed by atoms with Crippen LogP contribution in [0.1, 0.15) is 0 Å². The lowest BCUT2D eigenvalue weighted by atomic mass is 10.4. The Balaban J connectivity index is 1.54. The fraction of sp³-hybridized carbons (Fsp3) is 0.333. The van der Waals surface area contributed by atoms with Gasteiger partial charge in [-0.3, -0.25) is 4.79 Å². The van der Waals surface area contributed by atoms with Crippen molar-refractivity contribution in [3.05, 3.63) is 44.8 Å². The minimum absolute atomic E-state index is 0.192. The van der Waals surface area contributed by atoms with Crippen LogP contribution in [0.4, 0.5) is 5.82 Å². The van der Waals surface area contributed by atoms with E-state index >= 15 is 0 Å². The van der Waals surface area contributed by atoms with Gasteiger partial charge in [0.05, 0.1) is 21.3 Å². The van der Waals surface area contributed by atoms with Crippen molar-refractivity contribution in [1.29, 1.82) is 0 Å². The molecular formula is C15H14Cl2N4OS. The highest BCUT2D eigenvalue weighted by Gasteiger charge is 2.54. The number of hydrogen-bond donors (Lipinski definition) is 2. The topological polar surface area (TPSA) is 75.0 Å². The van der Waals surface area contributed by atoms with Crippen LogP contribution in [0, 0.1) is 11.8 Å². The maximum atomic E-state index is 12.3. The Bertz CT molecular complexity index is 815. The van der Waals surface area contributed by atoms with Crippen LogP contribution >= 0.6 is 35.0 Å². The first kappa shape index (κ1) is 15.3. The number of hydrogen-bond acceptors (Lipinski definition) is 5. The zero-order valence-electron chi connectivity index (χ0n) is 12.0. The quantitative estimate of drug-likeness (QED) is 0.870. The molecule has 23 heavy (non-hydrogen) atoms.